The highest BCUT2D eigenvalue weighted by Crippen LogP contribution is 2.30. The largest absolute Gasteiger partial charge is 0.396 e. The number of hydrogen-bond donors (Lipinski definition) is 3. The van der Waals surface area contributed by atoms with Crippen molar-refractivity contribution in [3.63, 3.8) is 0 Å². The summed E-state index contributed by atoms with van der Waals surface area (Å²) in [6.45, 7) is 3.89. The lowest BCUT2D eigenvalue weighted by molar-refractivity contribution is -0.0361. The summed E-state index contributed by atoms with van der Waals surface area (Å²) in [5.41, 5.74) is -0.712. The zero-order valence-corrected chi connectivity index (χ0v) is 21.4. The Morgan fingerprint density at radius 1 is 0.593 bits per heavy atom. The van der Waals surface area contributed by atoms with Crippen molar-refractivity contribution in [3.8, 4) is 0 Å². The summed E-state index contributed by atoms with van der Waals surface area (Å²) in [4.78, 5) is 0. The standard InChI is InChI=1S/C22H46O3.BrH.H3P/c1-3-4-5-6-7-8-9-10-11-12-13-14-15-16-17-21(2)22(18-23,19-24)20-25;;/h21,23-25H,3-20H2,1-2H3;1H;1H3. The van der Waals surface area contributed by atoms with Gasteiger partial charge in [0.05, 0.1) is 19.8 Å². The quantitative estimate of drug-likeness (QED) is 0.157. The van der Waals surface area contributed by atoms with E-state index in [0.717, 1.165) is 12.8 Å². The second kappa shape index (κ2) is 23.1. The van der Waals surface area contributed by atoms with Crippen LogP contribution in [0.5, 0.6) is 0 Å². The second-order valence-electron chi connectivity index (χ2n) is 8.12. The van der Waals surface area contributed by atoms with Crippen LogP contribution in [0, 0.1) is 11.3 Å². The van der Waals surface area contributed by atoms with E-state index in [-0.39, 0.29) is 52.6 Å². The summed E-state index contributed by atoms with van der Waals surface area (Å²) >= 11 is 0. The average Bonchev–Trinajstić information content (AvgIpc) is 2.64. The highest BCUT2D eigenvalue weighted by molar-refractivity contribution is 8.93. The lowest BCUT2D eigenvalue weighted by atomic mass is 9.75. The van der Waals surface area contributed by atoms with Crippen LogP contribution in [0.3, 0.4) is 0 Å². The Balaban J connectivity index is -0.00000288. The molecule has 0 radical (unpaired) electrons. The fraction of sp³-hybridized carbons (Fsp3) is 1.00. The van der Waals surface area contributed by atoms with E-state index in [9.17, 15) is 15.3 Å². The van der Waals surface area contributed by atoms with Crippen LogP contribution < -0.4 is 0 Å². The maximum absolute atomic E-state index is 9.44. The Bertz CT molecular complexity index is 268. The molecule has 168 valence electrons. The Morgan fingerprint density at radius 2 is 0.889 bits per heavy atom. The van der Waals surface area contributed by atoms with Gasteiger partial charge in [-0.1, -0.05) is 104 Å². The normalized spacial score (nSPS) is 12.3. The molecule has 2 atom stereocenters. The van der Waals surface area contributed by atoms with Crippen molar-refractivity contribution in [2.24, 2.45) is 11.3 Å². The Labute approximate surface area is 183 Å². The summed E-state index contributed by atoms with van der Waals surface area (Å²) in [6.07, 6.45) is 19.9. The van der Waals surface area contributed by atoms with Crippen molar-refractivity contribution in [3.05, 3.63) is 0 Å². The summed E-state index contributed by atoms with van der Waals surface area (Å²) in [5, 5.41) is 28.3. The molecule has 0 aliphatic heterocycles. The van der Waals surface area contributed by atoms with Crippen molar-refractivity contribution in [1.82, 2.24) is 0 Å². The molecule has 0 aromatic rings. The minimum atomic E-state index is -0.712. The summed E-state index contributed by atoms with van der Waals surface area (Å²) in [5.74, 6) is 0.157. The van der Waals surface area contributed by atoms with Crippen molar-refractivity contribution < 1.29 is 15.3 Å². The lowest BCUT2D eigenvalue weighted by Crippen LogP contribution is -2.40. The molecule has 0 heterocycles. The summed E-state index contributed by atoms with van der Waals surface area (Å²) < 4.78 is 0. The first-order chi connectivity index (χ1) is 12.2. The van der Waals surface area contributed by atoms with Crippen molar-refractivity contribution in [1.29, 1.82) is 0 Å². The van der Waals surface area contributed by atoms with Gasteiger partial charge in [0.15, 0.2) is 0 Å². The van der Waals surface area contributed by atoms with E-state index in [2.05, 4.69) is 6.92 Å². The van der Waals surface area contributed by atoms with E-state index < -0.39 is 5.41 Å². The molecule has 0 saturated heterocycles. The van der Waals surface area contributed by atoms with Gasteiger partial charge in [0, 0.05) is 5.41 Å². The molecule has 0 spiro atoms. The van der Waals surface area contributed by atoms with E-state index >= 15 is 0 Å². The van der Waals surface area contributed by atoms with Gasteiger partial charge < -0.3 is 15.3 Å². The number of unbranched alkanes of at least 4 members (excludes halogenated alkanes) is 13. The first kappa shape index (κ1) is 32.5. The fourth-order valence-corrected chi connectivity index (χ4v) is 3.57. The third kappa shape index (κ3) is 16.3. The van der Waals surface area contributed by atoms with Crippen LogP contribution in [0.15, 0.2) is 0 Å². The molecular weight excluding hydrogens is 423 g/mol. The Hall–Kier alpha value is 0.790. The third-order valence-electron chi connectivity index (χ3n) is 5.98. The predicted octanol–water partition coefficient (Wildman–Crippen LogP) is 6.09. The lowest BCUT2D eigenvalue weighted by Gasteiger charge is -2.34. The van der Waals surface area contributed by atoms with Gasteiger partial charge in [0.2, 0.25) is 0 Å². The van der Waals surface area contributed by atoms with Gasteiger partial charge >= 0.3 is 0 Å². The van der Waals surface area contributed by atoms with E-state index in [1.165, 1.54) is 83.5 Å². The second-order valence-corrected chi connectivity index (χ2v) is 8.12. The molecule has 2 unspecified atom stereocenters. The van der Waals surface area contributed by atoms with Gasteiger partial charge in [-0.05, 0) is 12.3 Å². The predicted molar refractivity (Wildman–Crippen MR) is 129 cm³/mol. The van der Waals surface area contributed by atoms with E-state index in [1.807, 2.05) is 6.92 Å². The van der Waals surface area contributed by atoms with Crippen LogP contribution >= 0.6 is 26.9 Å². The van der Waals surface area contributed by atoms with E-state index in [1.54, 1.807) is 0 Å². The van der Waals surface area contributed by atoms with Crippen LogP contribution in [0.25, 0.3) is 0 Å². The van der Waals surface area contributed by atoms with Crippen LogP contribution in [0.4, 0.5) is 0 Å². The summed E-state index contributed by atoms with van der Waals surface area (Å²) in [6, 6.07) is 0. The van der Waals surface area contributed by atoms with Gasteiger partial charge in [0.25, 0.3) is 0 Å². The minimum absolute atomic E-state index is 0. The molecule has 0 rings (SSSR count). The molecule has 3 N–H and O–H groups in total. The first-order valence-corrected chi connectivity index (χ1v) is 11.0. The fourth-order valence-electron chi connectivity index (χ4n) is 3.57. The Kier molecular flexibility index (Phi) is 27.7. The highest BCUT2D eigenvalue weighted by Gasteiger charge is 2.34. The Morgan fingerprint density at radius 3 is 1.19 bits per heavy atom. The molecule has 0 amide bonds. The molecular formula is C22H50BrO3P. The van der Waals surface area contributed by atoms with Gasteiger partial charge in [-0.25, -0.2) is 0 Å². The SMILES string of the molecule is Br.CCCCCCCCCCCCCCCCC(C)C(CO)(CO)CO.P. The molecule has 0 aliphatic carbocycles. The molecule has 0 aliphatic rings. The van der Waals surface area contributed by atoms with Crippen molar-refractivity contribution in [2.75, 3.05) is 19.8 Å². The number of aliphatic hydroxyl groups excluding tert-OH is 3. The first-order valence-electron chi connectivity index (χ1n) is 11.0. The molecule has 0 aromatic heterocycles. The van der Waals surface area contributed by atoms with Gasteiger partial charge in [-0.3, -0.25) is 0 Å². The molecule has 0 aromatic carbocycles. The van der Waals surface area contributed by atoms with Crippen LogP contribution in [0.1, 0.15) is 110 Å². The van der Waals surface area contributed by atoms with Crippen molar-refractivity contribution in [2.45, 2.75) is 110 Å². The van der Waals surface area contributed by atoms with Crippen LogP contribution in [-0.2, 0) is 0 Å². The molecule has 0 fully saturated rings. The van der Waals surface area contributed by atoms with Gasteiger partial charge in [-0.2, -0.15) is 9.90 Å². The van der Waals surface area contributed by atoms with Crippen molar-refractivity contribution >= 4 is 26.9 Å². The maximum atomic E-state index is 9.44. The number of halogens is 1. The molecule has 0 saturated carbocycles. The number of hydrogen-bond acceptors (Lipinski definition) is 3. The van der Waals surface area contributed by atoms with Gasteiger partial charge in [0.1, 0.15) is 0 Å². The van der Waals surface area contributed by atoms with Gasteiger partial charge in [-0.15, -0.1) is 17.0 Å². The topological polar surface area (TPSA) is 60.7 Å². The highest BCUT2D eigenvalue weighted by atomic mass is 79.9. The molecule has 3 nitrogen and oxygen atoms in total. The van der Waals surface area contributed by atoms with E-state index in [4.69, 9.17) is 0 Å². The van der Waals surface area contributed by atoms with Crippen LogP contribution in [0.2, 0.25) is 0 Å². The smallest absolute Gasteiger partial charge is 0.0534 e. The number of rotatable bonds is 19. The average molecular weight is 474 g/mol. The minimum Gasteiger partial charge on any atom is -0.396 e. The molecule has 0 bridgehead atoms. The zero-order chi connectivity index (χ0) is 18.8. The zero-order valence-electron chi connectivity index (χ0n) is 18.3. The number of aliphatic hydroxyl groups is 3. The maximum Gasteiger partial charge on any atom is 0.0534 e. The summed E-state index contributed by atoms with van der Waals surface area (Å²) in [7, 11) is 0. The monoisotopic (exact) mass is 472 g/mol. The third-order valence-corrected chi connectivity index (χ3v) is 5.98. The van der Waals surface area contributed by atoms with E-state index in [0.29, 0.717) is 0 Å². The molecule has 27 heavy (non-hydrogen) atoms. The van der Waals surface area contributed by atoms with Crippen LogP contribution in [-0.4, -0.2) is 35.1 Å². The molecule has 5 heteroatoms.